The number of nitrogens with zero attached hydrogens (tertiary/aromatic N) is 1. The highest BCUT2D eigenvalue weighted by Gasteiger charge is 2.20. The summed E-state index contributed by atoms with van der Waals surface area (Å²) >= 11 is 6.17. The van der Waals surface area contributed by atoms with Gasteiger partial charge in [-0.3, -0.25) is 4.98 Å². The van der Waals surface area contributed by atoms with Gasteiger partial charge in [0.2, 0.25) is 0 Å². The molecule has 0 saturated carbocycles. The topological polar surface area (TPSA) is 22.1 Å². The van der Waals surface area contributed by atoms with E-state index >= 15 is 0 Å². The van der Waals surface area contributed by atoms with Crippen molar-refractivity contribution in [2.75, 3.05) is 7.11 Å². The molecule has 0 spiro atoms. The van der Waals surface area contributed by atoms with Crippen molar-refractivity contribution >= 4 is 31.9 Å². The fourth-order valence-corrected chi connectivity index (χ4v) is 2.11. The molecule has 0 atom stereocenters. The van der Waals surface area contributed by atoms with Crippen LogP contribution in [0.15, 0.2) is 10.7 Å². The van der Waals surface area contributed by atoms with Gasteiger partial charge >= 0.3 is 0 Å². The SMILES string of the molecule is COc1cnc(CBr)c(C(F)F)c1Br. The minimum Gasteiger partial charge on any atom is -0.494 e. The molecule has 1 heterocycles. The molecular formula is C8H7Br2F2NO. The van der Waals surface area contributed by atoms with Gasteiger partial charge in [0.05, 0.1) is 29.0 Å². The molecule has 0 fully saturated rings. The van der Waals surface area contributed by atoms with Crippen LogP contribution in [0.4, 0.5) is 8.78 Å². The summed E-state index contributed by atoms with van der Waals surface area (Å²) in [6, 6.07) is 0. The fraction of sp³-hybridized carbons (Fsp3) is 0.375. The maximum absolute atomic E-state index is 12.6. The normalized spacial score (nSPS) is 10.7. The van der Waals surface area contributed by atoms with Crippen LogP contribution in [0.1, 0.15) is 17.7 Å². The zero-order valence-electron chi connectivity index (χ0n) is 7.23. The van der Waals surface area contributed by atoms with Crippen LogP contribution in [-0.4, -0.2) is 12.1 Å². The number of hydrogen-bond acceptors (Lipinski definition) is 2. The maximum atomic E-state index is 12.6. The molecular weight excluding hydrogens is 324 g/mol. The number of ether oxygens (including phenoxy) is 1. The standard InChI is InChI=1S/C8H7Br2F2NO/c1-14-5-3-13-4(2-9)6(7(5)10)8(11)12/h3,8H,2H2,1H3. The zero-order chi connectivity index (χ0) is 10.7. The lowest BCUT2D eigenvalue weighted by atomic mass is 10.2. The summed E-state index contributed by atoms with van der Waals surface area (Å²) in [5.74, 6) is 0.310. The first-order valence-corrected chi connectivity index (χ1v) is 5.58. The number of halogens is 4. The van der Waals surface area contributed by atoms with Crippen molar-refractivity contribution in [3.05, 3.63) is 21.9 Å². The first-order valence-electron chi connectivity index (χ1n) is 3.67. The van der Waals surface area contributed by atoms with E-state index in [0.717, 1.165) is 0 Å². The average molecular weight is 331 g/mol. The Bertz CT molecular complexity index is 333. The second kappa shape index (κ2) is 5.02. The third-order valence-corrected chi connectivity index (χ3v) is 3.02. The number of hydrogen-bond donors (Lipinski definition) is 0. The van der Waals surface area contributed by atoms with Gasteiger partial charge in [-0.2, -0.15) is 0 Å². The first kappa shape index (κ1) is 11.8. The third-order valence-electron chi connectivity index (χ3n) is 1.67. The molecule has 14 heavy (non-hydrogen) atoms. The van der Waals surface area contributed by atoms with E-state index in [1.165, 1.54) is 13.3 Å². The summed E-state index contributed by atoms with van der Waals surface area (Å²) in [5.41, 5.74) is 0.189. The molecule has 0 unspecified atom stereocenters. The van der Waals surface area contributed by atoms with Gasteiger partial charge < -0.3 is 4.74 Å². The highest BCUT2D eigenvalue weighted by atomic mass is 79.9. The minimum absolute atomic E-state index is 0.124. The Morgan fingerprint density at radius 1 is 1.57 bits per heavy atom. The Balaban J connectivity index is 3.31. The van der Waals surface area contributed by atoms with E-state index < -0.39 is 6.43 Å². The van der Waals surface area contributed by atoms with E-state index in [0.29, 0.717) is 11.4 Å². The molecule has 0 aliphatic rings. The van der Waals surface area contributed by atoms with Crippen LogP contribution in [0.5, 0.6) is 5.75 Å². The summed E-state index contributed by atoms with van der Waals surface area (Å²) in [4.78, 5) is 3.87. The van der Waals surface area contributed by atoms with E-state index in [2.05, 4.69) is 36.8 Å². The summed E-state index contributed by atoms with van der Waals surface area (Å²) in [6.45, 7) is 0. The molecule has 1 rings (SSSR count). The van der Waals surface area contributed by atoms with Crippen LogP contribution in [0, 0.1) is 0 Å². The van der Waals surface area contributed by atoms with E-state index in [1.807, 2.05) is 0 Å². The van der Waals surface area contributed by atoms with Gasteiger partial charge in [0, 0.05) is 5.33 Å². The highest BCUT2D eigenvalue weighted by molar-refractivity contribution is 9.10. The molecule has 0 aromatic carbocycles. The minimum atomic E-state index is -2.57. The monoisotopic (exact) mass is 329 g/mol. The van der Waals surface area contributed by atoms with Crippen molar-refractivity contribution in [3.63, 3.8) is 0 Å². The van der Waals surface area contributed by atoms with Gasteiger partial charge in [0.1, 0.15) is 0 Å². The predicted octanol–water partition coefficient (Wildman–Crippen LogP) is 3.69. The highest BCUT2D eigenvalue weighted by Crippen LogP contribution is 2.36. The quantitative estimate of drug-likeness (QED) is 0.789. The van der Waals surface area contributed by atoms with Gasteiger partial charge in [0.15, 0.2) is 5.75 Å². The molecule has 1 aromatic rings. The van der Waals surface area contributed by atoms with Crippen LogP contribution in [-0.2, 0) is 5.33 Å². The first-order chi connectivity index (χ1) is 6.61. The summed E-state index contributed by atoms with van der Waals surface area (Å²) in [6.07, 6.45) is -1.16. The van der Waals surface area contributed by atoms with Gasteiger partial charge in [-0.25, -0.2) is 8.78 Å². The molecule has 0 aliphatic carbocycles. The summed E-state index contributed by atoms with van der Waals surface area (Å²) in [7, 11) is 1.41. The number of methoxy groups -OCH3 is 1. The van der Waals surface area contributed by atoms with E-state index in [-0.39, 0.29) is 15.4 Å². The van der Waals surface area contributed by atoms with Gasteiger partial charge in [-0.05, 0) is 15.9 Å². The molecule has 6 heteroatoms. The predicted molar refractivity (Wildman–Crippen MR) is 56.1 cm³/mol. The molecule has 0 bridgehead atoms. The molecule has 0 radical (unpaired) electrons. The van der Waals surface area contributed by atoms with Crippen molar-refractivity contribution in [2.24, 2.45) is 0 Å². The van der Waals surface area contributed by atoms with Crippen molar-refractivity contribution in [3.8, 4) is 5.75 Å². The van der Waals surface area contributed by atoms with Crippen molar-refractivity contribution < 1.29 is 13.5 Å². The third kappa shape index (κ3) is 2.23. The Hall–Kier alpha value is -0.230. The van der Waals surface area contributed by atoms with Crippen LogP contribution in [0.2, 0.25) is 0 Å². The summed E-state index contributed by atoms with van der Waals surface area (Å²) < 4.78 is 30.4. The molecule has 0 N–H and O–H groups in total. The second-order valence-corrected chi connectivity index (χ2v) is 3.79. The molecule has 0 saturated heterocycles. The number of alkyl halides is 3. The lowest BCUT2D eigenvalue weighted by molar-refractivity contribution is 0.148. The van der Waals surface area contributed by atoms with Crippen LogP contribution in [0.3, 0.4) is 0 Å². The smallest absolute Gasteiger partial charge is 0.266 e. The average Bonchev–Trinajstić information content (AvgIpc) is 2.16. The van der Waals surface area contributed by atoms with Crippen molar-refractivity contribution in [1.82, 2.24) is 4.98 Å². The van der Waals surface area contributed by atoms with Gasteiger partial charge in [0.25, 0.3) is 6.43 Å². The molecule has 0 amide bonds. The Morgan fingerprint density at radius 3 is 2.64 bits per heavy atom. The van der Waals surface area contributed by atoms with Crippen LogP contribution in [0.25, 0.3) is 0 Å². The maximum Gasteiger partial charge on any atom is 0.266 e. The Labute approximate surface area is 96.9 Å². The van der Waals surface area contributed by atoms with Crippen molar-refractivity contribution in [2.45, 2.75) is 11.8 Å². The van der Waals surface area contributed by atoms with E-state index in [9.17, 15) is 8.78 Å². The lowest BCUT2D eigenvalue weighted by Gasteiger charge is -2.11. The second-order valence-electron chi connectivity index (χ2n) is 2.44. The van der Waals surface area contributed by atoms with Gasteiger partial charge in [-0.1, -0.05) is 15.9 Å². The van der Waals surface area contributed by atoms with Gasteiger partial charge in [-0.15, -0.1) is 0 Å². The van der Waals surface area contributed by atoms with Crippen molar-refractivity contribution in [1.29, 1.82) is 0 Å². The summed E-state index contributed by atoms with van der Waals surface area (Å²) in [5, 5.41) is 0.287. The number of rotatable bonds is 3. The van der Waals surface area contributed by atoms with E-state index in [1.54, 1.807) is 0 Å². The van der Waals surface area contributed by atoms with Crippen LogP contribution >= 0.6 is 31.9 Å². The Morgan fingerprint density at radius 2 is 2.21 bits per heavy atom. The lowest BCUT2D eigenvalue weighted by Crippen LogP contribution is -1.99. The molecule has 0 aliphatic heterocycles. The number of pyridine rings is 1. The van der Waals surface area contributed by atoms with Crippen LogP contribution < -0.4 is 4.74 Å². The number of aromatic nitrogens is 1. The largest absolute Gasteiger partial charge is 0.494 e. The molecule has 2 nitrogen and oxygen atoms in total. The molecule has 1 aromatic heterocycles. The fourth-order valence-electron chi connectivity index (χ4n) is 0.993. The Kier molecular flexibility index (Phi) is 4.25. The molecule has 78 valence electrons. The zero-order valence-corrected chi connectivity index (χ0v) is 10.4. The van der Waals surface area contributed by atoms with E-state index in [4.69, 9.17) is 4.74 Å².